The van der Waals surface area contributed by atoms with Crippen LogP contribution in [0.5, 0.6) is 11.5 Å². The van der Waals surface area contributed by atoms with Crippen molar-refractivity contribution in [1.29, 1.82) is 0 Å². The molecular weight excluding hydrogens is 420 g/mol. The lowest BCUT2D eigenvalue weighted by Gasteiger charge is -2.22. The fourth-order valence-electron chi connectivity index (χ4n) is 4.22. The van der Waals surface area contributed by atoms with Crippen LogP contribution in [0.4, 0.5) is 0 Å². The third-order valence-electron chi connectivity index (χ3n) is 6.35. The van der Waals surface area contributed by atoms with Crippen molar-refractivity contribution in [2.75, 3.05) is 13.2 Å². The Morgan fingerprint density at radius 3 is 1.85 bits per heavy atom. The summed E-state index contributed by atoms with van der Waals surface area (Å²) in [5.74, 6) is 1.42. The monoisotopic (exact) mass is 466 g/mol. The molecule has 0 amide bonds. The average Bonchev–Trinajstić information content (AvgIpc) is 2.77. The molecule has 3 nitrogen and oxygen atoms in total. The van der Waals surface area contributed by atoms with Gasteiger partial charge < -0.3 is 9.47 Å². The van der Waals surface area contributed by atoms with Gasteiger partial charge in [0.2, 0.25) is 0 Å². The number of carbonyl (C=O) groups is 1. The van der Waals surface area contributed by atoms with Crippen LogP contribution in [0.1, 0.15) is 119 Å². The van der Waals surface area contributed by atoms with E-state index in [1.807, 2.05) is 32.0 Å². The van der Waals surface area contributed by atoms with Gasteiger partial charge in [0.05, 0.1) is 18.8 Å². The summed E-state index contributed by atoms with van der Waals surface area (Å²) in [6, 6.07) is 9.99. The summed E-state index contributed by atoms with van der Waals surface area (Å²) in [7, 11) is 0. The Morgan fingerprint density at radius 2 is 1.32 bits per heavy atom. The number of ether oxygens (including phenoxy) is 2. The van der Waals surface area contributed by atoms with E-state index in [1.54, 1.807) is 0 Å². The van der Waals surface area contributed by atoms with Gasteiger partial charge in [0.15, 0.2) is 5.78 Å². The van der Waals surface area contributed by atoms with E-state index in [4.69, 9.17) is 9.47 Å². The number of unbranched alkanes of at least 4 members (excludes halogenated alkanes) is 6. The first-order valence-corrected chi connectivity index (χ1v) is 13.2. The Morgan fingerprint density at radius 1 is 0.765 bits per heavy atom. The minimum absolute atomic E-state index is 0.0218. The largest absolute Gasteiger partial charge is 0.493 e. The van der Waals surface area contributed by atoms with E-state index in [1.165, 1.54) is 37.7 Å². The molecular formula is C31H46O3. The molecule has 2 aromatic rings. The van der Waals surface area contributed by atoms with Gasteiger partial charge in [-0.05, 0) is 60.9 Å². The number of carbonyl (C=O) groups excluding carboxylic acids is 1. The number of aryl methyl sites for hydroxylation is 2. The van der Waals surface area contributed by atoms with Gasteiger partial charge in [-0.15, -0.1) is 0 Å². The molecule has 0 saturated heterocycles. The highest BCUT2D eigenvalue weighted by Crippen LogP contribution is 2.32. The molecule has 0 N–H and O–H groups in total. The smallest absolute Gasteiger partial charge is 0.197 e. The molecule has 0 fully saturated rings. The maximum absolute atomic E-state index is 13.7. The molecule has 0 aliphatic carbocycles. The highest BCUT2D eigenvalue weighted by atomic mass is 16.5. The van der Waals surface area contributed by atoms with Crippen LogP contribution in [0, 0.1) is 13.8 Å². The molecule has 0 saturated carbocycles. The highest BCUT2D eigenvalue weighted by molar-refractivity contribution is 6.12. The molecule has 2 aromatic carbocycles. The zero-order valence-electron chi connectivity index (χ0n) is 22.7. The van der Waals surface area contributed by atoms with Crippen molar-refractivity contribution in [1.82, 2.24) is 0 Å². The van der Waals surface area contributed by atoms with Gasteiger partial charge in [0.1, 0.15) is 11.5 Å². The number of hydrogen-bond acceptors (Lipinski definition) is 3. The fraction of sp³-hybridized carbons (Fsp3) is 0.581. The first kappa shape index (κ1) is 28.0. The highest BCUT2D eigenvalue weighted by Gasteiger charge is 2.22. The summed E-state index contributed by atoms with van der Waals surface area (Å²) >= 11 is 0. The number of ketones is 1. The van der Waals surface area contributed by atoms with Crippen LogP contribution in [0.3, 0.4) is 0 Å². The molecule has 0 atom stereocenters. The Hall–Kier alpha value is -2.29. The molecule has 0 unspecified atom stereocenters. The van der Waals surface area contributed by atoms with Crippen molar-refractivity contribution in [3.8, 4) is 11.5 Å². The van der Waals surface area contributed by atoms with E-state index in [0.717, 1.165) is 41.7 Å². The summed E-state index contributed by atoms with van der Waals surface area (Å²) in [4.78, 5) is 13.7. The van der Waals surface area contributed by atoms with Crippen LogP contribution in [0.25, 0.3) is 0 Å². The van der Waals surface area contributed by atoms with E-state index < -0.39 is 0 Å². The topological polar surface area (TPSA) is 35.5 Å². The van der Waals surface area contributed by atoms with Crippen LogP contribution < -0.4 is 9.47 Å². The molecule has 0 bridgehead atoms. The summed E-state index contributed by atoms with van der Waals surface area (Å²) in [5, 5.41) is 0. The molecule has 2 rings (SSSR count). The zero-order valence-corrected chi connectivity index (χ0v) is 22.7. The summed E-state index contributed by atoms with van der Waals surface area (Å²) in [6.07, 6.45) is 9.18. The fourth-order valence-corrected chi connectivity index (χ4v) is 4.22. The van der Waals surface area contributed by atoms with Gasteiger partial charge in [0, 0.05) is 11.6 Å². The molecule has 0 aromatic heterocycles. The molecule has 0 spiro atoms. The lowest BCUT2D eigenvalue weighted by atomic mass is 9.82. The van der Waals surface area contributed by atoms with E-state index in [0.29, 0.717) is 24.5 Å². The molecule has 0 aliphatic rings. The Bertz CT molecular complexity index is 898. The predicted octanol–water partition coefficient (Wildman–Crippen LogP) is 8.75. The average molecular weight is 467 g/mol. The molecule has 0 radical (unpaired) electrons. The van der Waals surface area contributed by atoms with Crippen molar-refractivity contribution >= 4 is 5.78 Å². The first-order valence-electron chi connectivity index (χ1n) is 13.2. The van der Waals surface area contributed by atoms with Crippen LogP contribution in [-0.2, 0) is 5.41 Å². The minimum atomic E-state index is 0.0218. The number of rotatable bonds is 14. The second-order valence-corrected chi connectivity index (χ2v) is 10.5. The lowest BCUT2D eigenvalue weighted by Crippen LogP contribution is -2.15. The lowest BCUT2D eigenvalue weighted by molar-refractivity contribution is 0.103. The van der Waals surface area contributed by atoms with Crippen molar-refractivity contribution in [3.05, 3.63) is 58.1 Å². The van der Waals surface area contributed by atoms with Crippen molar-refractivity contribution < 1.29 is 14.3 Å². The second-order valence-electron chi connectivity index (χ2n) is 10.5. The van der Waals surface area contributed by atoms with Crippen molar-refractivity contribution in [2.45, 2.75) is 105 Å². The maximum atomic E-state index is 13.7. The number of hydrogen-bond donors (Lipinski definition) is 0. The molecule has 3 heteroatoms. The van der Waals surface area contributed by atoms with Crippen LogP contribution in [0.2, 0.25) is 0 Å². The summed E-state index contributed by atoms with van der Waals surface area (Å²) in [5.41, 5.74) is 4.71. The van der Waals surface area contributed by atoms with Crippen molar-refractivity contribution in [3.63, 3.8) is 0 Å². The maximum Gasteiger partial charge on any atom is 0.197 e. The summed E-state index contributed by atoms with van der Waals surface area (Å²) in [6.45, 7) is 16.4. The Kier molecular flexibility index (Phi) is 11.1. The van der Waals surface area contributed by atoms with Crippen LogP contribution >= 0.6 is 0 Å². The van der Waals surface area contributed by atoms with Gasteiger partial charge >= 0.3 is 0 Å². The predicted molar refractivity (Wildman–Crippen MR) is 144 cm³/mol. The minimum Gasteiger partial charge on any atom is -0.493 e. The molecule has 34 heavy (non-hydrogen) atoms. The van der Waals surface area contributed by atoms with Gasteiger partial charge in [-0.1, -0.05) is 85.3 Å². The van der Waals surface area contributed by atoms with Crippen LogP contribution in [0.15, 0.2) is 30.3 Å². The summed E-state index contributed by atoms with van der Waals surface area (Å²) < 4.78 is 12.2. The Labute approximate surface area is 208 Å². The van der Waals surface area contributed by atoms with E-state index in [-0.39, 0.29) is 11.2 Å². The van der Waals surface area contributed by atoms with E-state index in [2.05, 4.69) is 46.8 Å². The molecule has 0 aliphatic heterocycles. The standard InChI is InChI=1S/C31H46O3/c1-8-10-12-14-18-33-26-16-17-27(28(22-26)34-19-15-13-11-9-2)30(32)29-23(3)20-25(21-24(29)4)31(5,6)7/h16-17,20-22H,8-15,18-19H2,1-7H3. The van der Waals surface area contributed by atoms with Crippen LogP contribution in [-0.4, -0.2) is 19.0 Å². The quantitative estimate of drug-likeness (QED) is 0.206. The Balaban J connectivity index is 2.29. The SMILES string of the molecule is CCCCCCOc1ccc(C(=O)c2c(C)cc(C(C)(C)C)cc2C)c(OCCCCCC)c1. The van der Waals surface area contributed by atoms with E-state index in [9.17, 15) is 4.79 Å². The zero-order chi connectivity index (χ0) is 25.1. The normalized spacial score (nSPS) is 11.5. The van der Waals surface area contributed by atoms with E-state index >= 15 is 0 Å². The third-order valence-corrected chi connectivity index (χ3v) is 6.35. The van der Waals surface area contributed by atoms with Crippen molar-refractivity contribution in [2.24, 2.45) is 0 Å². The second kappa shape index (κ2) is 13.6. The van der Waals surface area contributed by atoms with Gasteiger partial charge in [-0.25, -0.2) is 0 Å². The van der Waals surface area contributed by atoms with Gasteiger partial charge in [0.25, 0.3) is 0 Å². The molecule has 188 valence electrons. The number of benzene rings is 2. The third kappa shape index (κ3) is 8.18. The molecule has 0 heterocycles. The first-order chi connectivity index (χ1) is 16.2. The van der Waals surface area contributed by atoms with Gasteiger partial charge in [-0.3, -0.25) is 4.79 Å². The van der Waals surface area contributed by atoms with Gasteiger partial charge in [-0.2, -0.15) is 0 Å².